The van der Waals surface area contributed by atoms with E-state index in [1.807, 2.05) is 0 Å². The Labute approximate surface area is 167 Å². The topological polar surface area (TPSA) is 114 Å². The maximum Gasteiger partial charge on any atom is 0.304 e. The molecule has 28 heavy (non-hydrogen) atoms. The summed E-state index contributed by atoms with van der Waals surface area (Å²) in [5.74, 6) is -1.84. The number of halogens is 1. The lowest BCUT2D eigenvalue weighted by molar-refractivity contribution is -0.165. The molecule has 9 heteroatoms. The molecule has 1 aromatic carbocycles. The van der Waals surface area contributed by atoms with E-state index in [1.54, 1.807) is 24.3 Å². The lowest BCUT2D eigenvalue weighted by atomic mass is 9.80. The maximum atomic E-state index is 13.1. The van der Waals surface area contributed by atoms with Gasteiger partial charge >= 0.3 is 5.97 Å². The third-order valence-corrected chi connectivity index (χ3v) is 5.30. The normalized spacial score (nSPS) is 23.0. The van der Waals surface area contributed by atoms with Crippen LogP contribution in [0.3, 0.4) is 0 Å². The number of hydrogen-bond acceptors (Lipinski definition) is 5. The van der Waals surface area contributed by atoms with Gasteiger partial charge in [0, 0.05) is 17.5 Å². The van der Waals surface area contributed by atoms with Crippen LogP contribution in [-0.2, 0) is 19.1 Å². The van der Waals surface area contributed by atoms with E-state index < -0.39 is 35.6 Å². The minimum atomic E-state index is -1.12. The highest BCUT2D eigenvalue weighted by molar-refractivity contribution is 6.30. The molecule has 2 fully saturated rings. The van der Waals surface area contributed by atoms with Crippen molar-refractivity contribution in [2.24, 2.45) is 0 Å². The Morgan fingerprint density at radius 2 is 1.79 bits per heavy atom. The van der Waals surface area contributed by atoms with Crippen molar-refractivity contribution in [3.8, 4) is 0 Å². The molecular formula is C19H22ClN3O5. The summed E-state index contributed by atoms with van der Waals surface area (Å²) in [6.07, 6.45) is 2.54. The minimum absolute atomic E-state index is 0.386. The smallest absolute Gasteiger partial charge is 0.304 e. The summed E-state index contributed by atoms with van der Waals surface area (Å²) in [6, 6.07) is 5.41. The van der Waals surface area contributed by atoms with Gasteiger partial charge in [0.15, 0.2) is 6.04 Å². The van der Waals surface area contributed by atoms with Gasteiger partial charge in [0.25, 0.3) is 11.8 Å². The summed E-state index contributed by atoms with van der Waals surface area (Å²) in [6.45, 7) is 1.22. The van der Waals surface area contributed by atoms with Crippen LogP contribution in [0.5, 0.6) is 0 Å². The SMILES string of the molecule is CC(=O)O[C@@H]1NC(=O)[C@H]1NC(=O)C1(NC(=O)c2ccc(Cl)cc2)CCCCC1. The molecule has 3 rings (SSSR count). The molecule has 2 atom stereocenters. The molecule has 1 aliphatic carbocycles. The molecule has 8 nitrogen and oxygen atoms in total. The molecule has 0 unspecified atom stereocenters. The molecule has 0 aromatic heterocycles. The monoisotopic (exact) mass is 407 g/mol. The zero-order valence-electron chi connectivity index (χ0n) is 15.4. The first-order valence-corrected chi connectivity index (χ1v) is 9.55. The second kappa shape index (κ2) is 8.18. The molecule has 1 saturated carbocycles. The Morgan fingerprint density at radius 3 is 2.36 bits per heavy atom. The van der Waals surface area contributed by atoms with Crippen molar-refractivity contribution in [1.29, 1.82) is 0 Å². The van der Waals surface area contributed by atoms with Crippen LogP contribution in [0.25, 0.3) is 0 Å². The number of nitrogens with one attached hydrogen (secondary N) is 3. The fourth-order valence-corrected chi connectivity index (χ4v) is 3.63. The lowest BCUT2D eigenvalue weighted by Crippen LogP contribution is -2.73. The van der Waals surface area contributed by atoms with Gasteiger partial charge in [-0.3, -0.25) is 19.2 Å². The highest BCUT2D eigenvalue weighted by Gasteiger charge is 2.48. The molecule has 0 bridgehead atoms. The average Bonchev–Trinajstić information content (AvgIpc) is 2.66. The van der Waals surface area contributed by atoms with E-state index in [0.29, 0.717) is 23.4 Å². The van der Waals surface area contributed by atoms with E-state index in [4.69, 9.17) is 16.3 Å². The van der Waals surface area contributed by atoms with Crippen LogP contribution in [-0.4, -0.2) is 41.5 Å². The van der Waals surface area contributed by atoms with Gasteiger partial charge in [-0.25, -0.2) is 0 Å². The average molecular weight is 408 g/mol. The van der Waals surface area contributed by atoms with E-state index in [-0.39, 0.29) is 5.91 Å². The van der Waals surface area contributed by atoms with Crippen molar-refractivity contribution in [3.63, 3.8) is 0 Å². The van der Waals surface area contributed by atoms with Gasteiger partial charge in [0.1, 0.15) is 5.54 Å². The third kappa shape index (κ3) is 4.27. The van der Waals surface area contributed by atoms with E-state index >= 15 is 0 Å². The van der Waals surface area contributed by atoms with Gasteiger partial charge in [-0.05, 0) is 37.1 Å². The fraction of sp³-hybridized carbons (Fsp3) is 0.474. The summed E-state index contributed by atoms with van der Waals surface area (Å²) in [7, 11) is 0. The first-order chi connectivity index (χ1) is 13.3. The number of β-lactam (4-membered cyclic amide) rings is 1. The Hall–Kier alpha value is -2.61. The number of rotatable bonds is 5. The number of carbonyl (C=O) groups is 4. The maximum absolute atomic E-state index is 13.1. The molecule has 3 amide bonds. The largest absolute Gasteiger partial charge is 0.439 e. The quantitative estimate of drug-likeness (QED) is 0.502. The molecule has 0 spiro atoms. The van der Waals surface area contributed by atoms with Crippen molar-refractivity contribution in [2.75, 3.05) is 0 Å². The molecule has 1 saturated heterocycles. The van der Waals surface area contributed by atoms with Gasteiger partial charge in [-0.2, -0.15) is 0 Å². The van der Waals surface area contributed by atoms with Crippen molar-refractivity contribution in [2.45, 2.75) is 56.8 Å². The summed E-state index contributed by atoms with van der Waals surface area (Å²) in [5.41, 5.74) is -0.729. The molecule has 150 valence electrons. The predicted molar refractivity (Wildman–Crippen MR) is 100 cm³/mol. The van der Waals surface area contributed by atoms with Gasteiger partial charge < -0.3 is 20.7 Å². The molecule has 0 radical (unpaired) electrons. The van der Waals surface area contributed by atoms with Crippen LogP contribution in [0.1, 0.15) is 49.4 Å². The van der Waals surface area contributed by atoms with E-state index in [9.17, 15) is 19.2 Å². The van der Waals surface area contributed by atoms with E-state index in [2.05, 4.69) is 16.0 Å². The van der Waals surface area contributed by atoms with Crippen LogP contribution in [0.15, 0.2) is 24.3 Å². The number of amides is 3. The predicted octanol–water partition coefficient (Wildman–Crippen LogP) is 1.28. The second-order valence-corrected chi connectivity index (χ2v) is 7.53. The first kappa shape index (κ1) is 20.1. The molecule has 1 aromatic rings. The number of hydrogen-bond donors (Lipinski definition) is 3. The fourth-order valence-electron chi connectivity index (χ4n) is 3.51. The summed E-state index contributed by atoms with van der Waals surface area (Å²) >= 11 is 5.86. The second-order valence-electron chi connectivity index (χ2n) is 7.09. The zero-order chi connectivity index (χ0) is 20.3. The Kier molecular flexibility index (Phi) is 5.88. The Morgan fingerprint density at radius 1 is 1.14 bits per heavy atom. The summed E-state index contributed by atoms with van der Waals surface area (Å²) < 4.78 is 4.97. The van der Waals surface area contributed by atoms with Crippen LogP contribution in [0.2, 0.25) is 5.02 Å². The van der Waals surface area contributed by atoms with E-state index in [0.717, 1.165) is 19.3 Å². The van der Waals surface area contributed by atoms with Gasteiger partial charge in [0.2, 0.25) is 12.1 Å². The summed E-state index contributed by atoms with van der Waals surface area (Å²) in [5, 5.41) is 8.42. The summed E-state index contributed by atoms with van der Waals surface area (Å²) in [4.78, 5) is 48.7. The van der Waals surface area contributed by atoms with Crippen LogP contribution >= 0.6 is 11.6 Å². The molecule has 1 heterocycles. The standard InChI is InChI=1S/C19H22ClN3O5/c1-11(24)28-17-14(16(26)22-17)21-18(27)19(9-3-2-4-10-19)23-15(25)12-5-7-13(20)8-6-12/h5-8,14,17H,2-4,9-10H2,1H3,(H,21,27)(H,22,26)(H,23,25)/t14-,17+/m1/s1. The lowest BCUT2D eigenvalue weighted by Gasteiger charge is -2.41. The molecular weight excluding hydrogens is 386 g/mol. The number of ether oxygens (including phenoxy) is 1. The van der Waals surface area contributed by atoms with Crippen molar-refractivity contribution in [1.82, 2.24) is 16.0 Å². The number of carbonyl (C=O) groups excluding carboxylic acids is 4. The van der Waals surface area contributed by atoms with Crippen LogP contribution in [0.4, 0.5) is 0 Å². The van der Waals surface area contributed by atoms with Crippen molar-refractivity contribution < 1.29 is 23.9 Å². The first-order valence-electron chi connectivity index (χ1n) is 9.17. The number of esters is 1. The zero-order valence-corrected chi connectivity index (χ0v) is 16.2. The molecule has 3 N–H and O–H groups in total. The minimum Gasteiger partial charge on any atom is -0.439 e. The van der Waals surface area contributed by atoms with Gasteiger partial charge in [-0.15, -0.1) is 0 Å². The third-order valence-electron chi connectivity index (χ3n) is 5.05. The Bertz CT molecular complexity index is 789. The number of benzene rings is 1. The van der Waals surface area contributed by atoms with Crippen LogP contribution in [0, 0.1) is 0 Å². The van der Waals surface area contributed by atoms with Gasteiger partial charge in [0.05, 0.1) is 0 Å². The van der Waals surface area contributed by atoms with E-state index in [1.165, 1.54) is 6.92 Å². The highest BCUT2D eigenvalue weighted by Crippen LogP contribution is 2.29. The highest BCUT2D eigenvalue weighted by atomic mass is 35.5. The Balaban J connectivity index is 1.74. The van der Waals surface area contributed by atoms with Crippen LogP contribution < -0.4 is 16.0 Å². The van der Waals surface area contributed by atoms with Gasteiger partial charge in [-0.1, -0.05) is 30.9 Å². The van der Waals surface area contributed by atoms with Crippen molar-refractivity contribution in [3.05, 3.63) is 34.9 Å². The molecule has 1 aliphatic heterocycles. The van der Waals surface area contributed by atoms with Crippen molar-refractivity contribution >= 4 is 35.3 Å². The molecule has 2 aliphatic rings.